The first kappa shape index (κ1) is 17.8. The standard InChI is InChI=1S/C21H18FN3OS/c22-18-9-4-10-20(17(18)12-23)27-21-24-13-19(15-6-2-1-3-7-15)25(21)14-16-8-5-11-26-16/h1-4,6-7,9-10,13,16H,5,8,11,14H2. The molecular formula is C21H18FN3OS. The number of rotatable bonds is 5. The van der Waals surface area contributed by atoms with Crippen LogP contribution in [-0.2, 0) is 11.3 Å². The number of halogens is 1. The Bertz CT molecular complexity index is 975. The molecule has 1 saturated heterocycles. The van der Waals surface area contributed by atoms with Gasteiger partial charge in [0.25, 0.3) is 0 Å². The highest BCUT2D eigenvalue weighted by Crippen LogP contribution is 2.34. The fourth-order valence-electron chi connectivity index (χ4n) is 3.24. The van der Waals surface area contributed by atoms with Crippen LogP contribution in [0.15, 0.2) is 64.8 Å². The van der Waals surface area contributed by atoms with Gasteiger partial charge in [-0.05, 0) is 30.5 Å². The second kappa shape index (κ2) is 7.95. The molecule has 27 heavy (non-hydrogen) atoms. The molecule has 0 bridgehead atoms. The molecule has 0 radical (unpaired) electrons. The molecule has 1 atom stereocenters. The third-order valence-corrected chi connectivity index (χ3v) is 5.66. The Balaban J connectivity index is 1.73. The van der Waals surface area contributed by atoms with E-state index in [0.717, 1.165) is 35.9 Å². The van der Waals surface area contributed by atoms with Crippen LogP contribution in [0.1, 0.15) is 18.4 Å². The average Bonchev–Trinajstić information content (AvgIpc) is 3.34. The first-order valence-corrected chi connectivity index (χ1v) is 9.67. The molecule has 3 aromatic rings. The predicted octanol–water partition coefficient (Wildman–Crippen LogP) is 4.89. The van der Waals surface area contributed by atoms with Gasteiger partial charge in [0.1, 0.15) is 17.4 Å². The summed E-state index contributed by atoms with van der Waals surface area (Å²) in [6, 6.07) is 16.7. The largest absolute Gasteiger partial charge is 0.376 e. The highest BCUT2D eigenvalue weighted by Gasteiger charge is 2.22. The topological polar surface area (TPSA) is 50.8 Å². The lowest BCUT2D eigenvalue weighted by Gasteiger charge is -2.16. The van der Waals surface area contributed by atoms with Gasteiger partial charge >= 0.3 is 0 Å². The molecule has 0 aliphatic carbocycles. The number of nitrogens with zero attached hydrogens (tertiary/aromatic N) is 3. The molecule has 4 nitrogen and oxygen atoms in total. The third-order valence-electron chi connectivity index (χ3n) is 4.59. The Labute approximate surface area is 161 Å². The summed E-state index contributed by atoms with van der Waals surface area (Å²) < 4.78 is 21.9. The van der Waals surface area contributed by atoms with Crippen LogP contribution in [0.5, 0.6) is 0 Å². The second-order valence-electron chi connectivity index (χ2n) is 6.36. The highest BCUT2D eigenvalue weighted by atomic mass is 32.2. The lowest BCUT2D eigenvalue weighted by Crippen LogP contribution is -2.16. The number of aromatic nitrogens is 2. The maximum Gasteiger partial charge on any atom is 0.173 e. The molecule has 136 valence electrons. The Morgan fingerprint density at radius 3 is 2.81 bits per heavy atom. The lowest BCUT2D eigenvalue weighted by molar-refractivity contribution is 0.0954. The van der Waals surface area contributed by atoms with Gasteiger partial charge in [0.05, 0.1) is 24.5 Å². The third kappa shape index (κ3) is 3.75. The summed E-state index contributed by atoms with van der Waals surface area (Å²) in [5, 5.41) is 10.0. The summed E-state index contributed by atoms with van der Waals surface area (Å²) in [6.45, 7) is 1.47. The maximum atomic E-state index is 14.0. The van der Waals surface area contributed by atoms with Gasteiger partial charge in [0, 0.05) is 11.5 Å². The molecule has 4 rings (SSSR count). The summed E-state index contributed by atoms with van der Waals surface area (Å²) in [7, 11) is 0. The van der Waals surface area contributed by atoms with E-state index in [1.54, 1.807) is 12.1 Å². The summed E-state index contributed by atoms with van der Waals surface area (Å²) in [4.78, 5) is 5.14. The summed E-state index contributed by atoms with van der Waals surface area (Å²) in [5.74, 6) is -0.511. The highest BCUT2D eigenvalue weighted by molar-refractivity contribution is 7.99. The molecule has 0 N–H and O–H groups in total. The van der Waals surface area contributed by atoms with Gasteiger partial charge in [0.2, 0.25) is 0 Å². The zero-order valence-electron chi connectivity index (χ0n) is 14.6. The van der Waals surface area contributed by atoms with Gasteiger partial charge in [-0.15, -0.1) is 0 Å². The molecule has 1 unspecified atom stereocenters. The van der Waals surface area contributed by atoms with Crippen LogP contribution in [0.25, 0.3) is 11.3 Å². The van der Waals surface area contributed by atoms with Crippen molar-refractivity contribution in [2.75, 3.05) is 6.61 Å². The fourth-order valence-corrected chi connectivity index (χ4v) is 4.22. The van der Waals surface area contributed by atoms with Gasteiger partial charge in [-0.25, -0.2) is 9.37 Å². The average molecular weight is 379 g/mol. The van der Waals surface area contributed by atoms with Crippen molar-refractivity contribution in [2.24, 2.45) is 0 Å². The van der Waals surface area contributed by atoms with E-state index in [2.05, 4.69) is 9.55 Å². The first-order chi connectivity index (χ1) is 13.3. The number of hydrogen-bond donors (Lipinski definition) is 0. The molecule has 0 saturated carbocycles. The van der Waals surface area contributed by atoms with Crippen molar-refractivity contribution in [2.45, 2.75) is 35.5 Å². The van der Waals surface area contributed by atoms with Gasteiger partial charge in [0.15, 0.2) is 5.16 Å². The van der Waals surface area contributed by atoms with Crippen molar-refractivity contribution in [3.05, 3.63) is 66.1 Å². The molecule has 2 heterocycles. The maximum absolute atomic E-state index is 14.0. The van der Waals surface area contributed by atoms with Crippen molar-refractivity contribution in [3.8, 4) is 17.3 Å². The van der Waals surface area contributed by atoms with Crippen molar-refractivity contribution in [1.29, 1.82) is 5.26 Å². The normalized spacial score (nSPS) is 16.4. The molecule has 0 amide bonds. The van der Waals surface area contributed by atoms with Crippen LogP contribution in [0.3, 0.4) is 0 Å². The molecular weight excluding hydrogens is 361 g/mol. The monoisotopic (exact) mass is 379 g/mol. The van der Waals surface area contributed by atoms with Crippen LogP contribution in [0.4, 0.5) is 4.39 Å². The summed E-state index contributed by atoms with van der Waals surface area (Å²) in [5.41, 5.74) is 2.11. The Kier molecular flexibility index (Phi) is 5.23. The molecule has 1 aliphatic rings. The number of ether oxygens (including phenoxy) is 1. The number of nitriles is 1. The molecule has 1 aliphatic heterocycles. The van der Waals surface area contributed by atoms with Gasteiger partial charge in [-0.1, -0.05) is 48.2 Å². The summed E-state index contributed by atoms with van der Waals surface area (Å²) >= 11 is 1.31. The van der Waals surface area contributed by atoms with Crippen LogP contribution in [0, 0.1) is 17.1 Å². The minimum Gasteiger partial charge on any atom is -0.376 e. The number of imidazole rings is 1. The van der Waals surface area contributed by atoms with E-state index in [4.69, 9.17) is 4.74 Å². The van der Waals surface area contributed by atoms with E-state index in [1.165, 1.54) is 17.8 Å². The zero-order valence-corrected chi connectivity index (χ0v) is 15.5. The first-order valence-electron chi connectivity index (χ1n) is 8.85. The Morgan fingerprint density at radius 2 is 2.07 bits per heavy atom. The van der Waals surface area contributed by atoms with Crippen molar-refractivity contribution < 1.29 is 9.13 Å². The summed E-state index contributed by atoms with van der Waals surface area (Å²) in [6.07, 6.45) is 4.05. The van der Waals surface area contributed by atoms with E-state index in [-0.39, 0.29) is 11.7 Å². The Hall–Kier alpha value is -2.62. The van der Waals surface area contributed by atoms with E-state index in [1.807, 2.05) is 42.6 Å². The molecule has 2 aromatic carbocycles. The van der Waals surface area contributed by atoms with Crippen LogP contribution < -0.4 is 0 Å². The van der Waals surface area contributed by atoms with E-state index < -0.39 is 5.82 Å². The van der Waals surface area contributed by atoms with Gasteiger partial charge in [-0.3, -0.25) is 0 Å². The van der Waals surface area contributed by atoms with Gasteiger partial charge < -0.3 is 9.30 Å². The van der Waals surface area contributed by atoms with Crippen molar-refractivity contribution >= 4 is 11.8 Å². The zero-order chi connectivity index (χ0) is 18.6. The smallest absolute Gasteiger partial charge is 0.173 e. The molecule has 1 aromatic heterocycles. The molecule has 6 heteroatoms. The molecule has 1 fully saturated rings. The second-order valence-corrected chi connectivity index (χ2v) is 7.37. The quantitative estimate of drug-likeness (QED) is 0.633. The lowest BCUT2D eigenvalue weighted by atomic mass is 10.1. The Morgan fingerprint density at radius 1 is 1.22 bits per heavy atom. The fraction of sp³-hybridized carbons (Fsp3) is 0.238. The molecule has 0 spiro atoms. The SMILES string of the molecule is N#Cc1c(F)cccc1Sc1ncc(-c2ccccc2)n1CC1CCCO1. The minimum atomic E-state index is -0.511. The van der Waals surface area contributed by atoms with E-state index >= 15 is 0 Å². The van der Waals surface area contributed by atoms with Crippen LogP contribution in [0.2, 0.25) is 0 Å². The predicted molar refractivity (Wildman–Crippen MR) is 102 cm³/mol. The van der Waals surface area contributed by atoms with Crippen LogP contribution in [-0.4, -0.2) is 22.3 Å². The van der Waals surface area contributed by atoms with E-state index in [0.29, 0.717) is 11.4 Å². The minimum absolute atomic E-state index is 0.0513. The van der Waals surface area contributed by atoms with Crippen LogP contribution >= 0.6 is 11.8 Å². The number of benzene rings is 2. The van der Waals surface area contributed by atoms with Crippen molar-refractivity contribution in [1.82, 2.24) is 9.55 Å². The number of hydrogen-bond acceptors (Lipinski definition) is 4. The van der Waals surface area contributed by atoms with E-state index in [9.17, 15) is 9.65 Å². The van der Waals surface area contributed by atoms with Crippen molar-refractivity contribution in [3.63, 3.8) is 0 Å². The van der Waals surface area contributed by atoms with Gasteiger partial charge in [-0.2, -0.15) is 5.26 Å².